The van der Waals surface area contributed by atoms with Gasteiger partial charge in [0, 0.05) is 24.3 Å². The first kappa shape index (κ1) is 19.7. The van der Waals surface area contributed by atoms with Crippen molar-refractivity contribution >= 4 is 26.7 Å². The highest BCUT2D eigenvalue weighted by molar-refractivity contribution is 7.90. The van der Waals surface area contributed by atoms with Crippen LogP contribution < -0.4 is 4.90 Å². The lowest BCUT2D eigenvalue weighted by Gasteiger charge is -2.34. The molecule has 1 saturated heterocycles. The molecule has 0 unspecified atom stereocenters. The smallest absolute Gasteiger partial charge is 0.175 e. The molecule has 9 nitrogen and oxygen atoms in total. The molecule has 0 radical (unpaired) electrons. The summed E-state index contributed by atoms with van der Waals surface area (Å²) in [4.78, 5) is 7.45. The van der Waals surface area contributed by atoms with E-state index in [0.717, 1.165) is 28.9 Å². The maximum absolute atomic E-state index is 11.9. The van der Waals surface area contributed by atoms with Gasteiger partial charge in [-0.15, -0.1) is 0 Å². The van der Waals surface area contributed by atoms with E-state index in [9.17, 15) is 8.42 Å². The number of rotatable bonds is 4. The van der Waals surface area contributed by atoms with Crippen LogP contribution in [0.15, 0.2) is 53.7 Å². The zero-order valence-electron chi connectivity index (χ0n) is 17.2. The summed E-state index contributed by atoms with van der Waals surface area (Å²) in [6, 6.07) is 11.0. The van der Waals surface area contributed by atoms with Gasteiger partial charge in [0.05, 0.1) is 36.5 Å². The first-order chi connectivity index (χ1) is 14.9. The monoisotopic (exact) mass is 438 g/mol. The minimum absolute atomic E-state index is 0.183. The van der Waals surface area contributed by atoms with Crippen molar-refractivity contribution in [2.24, 2.45) is 0 Å². The normalized spacial score (nSPS) is 17.4. The molecule has 10 heteroatoms. The molecule has 0 bridgehead atoms. The molecule has 0 spiro atoms. The fourth-order valence-electron chi connectivity index (χ4n) is 3.87. The molecule has 1 atom stereocenters. The first-order valence-corrected chi connectivity index (χ1v) is 11.8. The maximum atomic E-state index is 11.9. The molecule has 0 amide bonds. The van der Waals surface area contributed by atoms with Gasteiger partial charge >= 0.3 is 0 Å². The van der Waals surface area contributed by atoms with Gasteiger partial charge in [-0.3, -0.25) is 5.10 Å². The number of nitrogens with one attached hydrogen (secondary N) is 1. The predicted octanol–water partition coefficient (Wildman–Crippen LogP) is 2.44. The summed E-state index contributed by atoms with van der Waals surface area (Å²) in [6.07, 6.45) is 4.65. The van der Waals surface area contributed by atoms with Gasteiger partial charge in [-0.2, -0.15) is 14.9 Å². The fourth-order valence-corrected chi connectivity index (χ4v) is 4.50. The van der Waals surface area contributed by atoms with Crippen molar-refractivity contribution in [2.45, 2.75) is 17.9 Å². The third-order valence-corrected chi connectivity index (χ3v) is 6.63. The molecule has 1 aromatic carbocycles. The largest absolute Gasteiger partial charge is 0.377 e. The summed E-state index contributed by atoms with van der Waals surface area (Å²) in [7, 11) is -3.26. The lowest BCUT2D eigenvalue weighted by Crippen LogP contribution is -2.44. The summed E-state index contributed by atoms with van der Waals surface area (Å²) < 4.78 is 31.1. The summed E-state index contributed by atoms with van der Waals surface area (Å²) in [5.41, 5.74) is 2.53. The number of morpholine rings is 1. The van der Waals surface area contributed by atoms with E-state index in [1.54, 1.807) is 29.2 Å². The molecule has 160 valence electrons. The van der Waals surface area contributed by atoms with Crippen molar-refractivity contribution in [3.63, 3.8) is 0 Å². The number of ether oxygens (including phenoxy) is 1. The highest BCUT2D eigenvalue weighted by Crippen LogP contribution is 2.33. The van der Waals surface area contributed by atoms with Crippen molar-refractivity contribution in [1.82, 2.24) is 25.0 Å². The number of fused-ring (bicyclic) bond motifs is 1. The third-order valence-electron chi connectivity index (χ3n) is 5.50. The number of nitrogens with zero attached hydrogens (tertiary/aromatic N) is 5. The van der Waals surface area contributed by atoms with Gasteiger partial charge in [0.25, 0.3) is 0 Å². The highest BCUT2D eigenvalue weighted by atomic mass is 32.2. The summed E-state index contributed by atoms with van der Waals surface area (Å²) in [6.45, 7) is 4.13. The van der Waals surface area contributed by atoms with Crippen molar-refractivity contribution in [3.8, 4) is 16.9 Å². The lowest BCUT2D eigenvalue weighted by molar-refractivity contribution is 0.0985. The molecule has 3 aromatic heterocycles. The minimum Gasteiger partial charge on any atom is -0.377 e. The minimum atomic E-state index is -3.26. The summed E-state index contributed by atoms with van der Waals surface area (Å²) in [5, 5.41) is 12.4. The van der Waals surface area contributed by atoms with E-state index in [4.69, 9.17) is 9.72 Å². The molecule has 0 saturated carbocycles. The fraction of sp³-hybridized carbons (Fsp3) is 0.286. The van der Waals surface area contributed by atoms with Crippen LogP contribution in [0.2, 0.25) is 0 Å². The summed E-state index contributed by atoms with van der Waals surface area (Å²) in [5.74, 6) is 1.54. The van der Waals surface area contributed by atoms with E-state index >= 15 is 0 Å². The maximum Gasteiger partial charge on any atom is 0.175 e. The number of anilines is 1. The number of hydrogen-bond donors (Lipinski definition) is 1. The number of aromatic amines is 1. The molecule has 31 heavy (non-hydrogen) atoms. The Labute approximate surface area is 179 Å². The van der Waals surface area contributed by atoms with E-state index < -0.39 is 9.84 Å². The van der Waals surface area contributed by atoms with Crippen LogP contribution in [0.25, 0.3) is 28.0 Å². The number of pyridine rings is 1. The van der Waals surface area contributed by atoms with E-state index in [1.807, 2.05) is 24.3 Å². The molecule has 4 aromatic rings. The predicted molar refractivity (Wildman–Crippen MR) is 117 cm³/mol. The second-order valence-electron chi connectivity index (χ2n) is 7.68. The average molecular weight is 439 g/mol. The van der Waals surface area contributed by atoms with E-state index in [2.05, 4.69) is 27.1 Å². The SMILES string of the molecule is C[C@@H]1COCCN1c1cc(-c2ccc(S(C)(=O)=O)cc2)c2cnn(-c3ccn[nH]3)c2n1. The molecule has 1 aliphatic rings. The molecule has 4 heterocycles. The second kappa shape index (κ2) is 7.47. The third kappa shape index (κ3) is 3.57. The number of benzene rings is 1. The zero-order valence-corrected chi connectivity index (χ0v) is 18.0. The van der Waals surface area contributed by atoms with Crippen molar-refractivity contribution < 1.29 is 13.2 Å². The van der Waals surface area contributed by atoms with E-state index in [0.29, 0.717) is 24.7 Å². The molecule has 1 fully saturated rings. The Bertz CT molecular complexity index is 1330. The van der Waals surface area contributed by atoms with Crippen LogP contribution in [0.3, 0.4) is 0 Å². The molecule has 1 N–H and O–H groups in total. The van der Waals surface area contributed by atoms with Crippen LogP contribution in [-0.4, -0.2) is 65.4 Å². The van der Waals surface area contributed by atoms with Gasteiger partial charge in [-0.1, -0.05) is 12.1 Å². The topological polar surface area (TPSA) is 106 Å². The first-order valence-electron chi connectivity index (χ1n) is 9.95. The number of aromatic nitrogens is 5. The van der Waals surface area contributed by atoms with Crippen molar-refractivity contribution in [2.75, 3.05) is 30.9 Å². The van der Waals surface area contributed by atoms with Crippen LogP contribution in [-0.2, 0) is 14.6 Å². The second-order valence-corrected chi connectivity index (χ2v) is 9.69. The molecular weight excluding hydrogens is 416 g/mol. The standard InChI is InChI=1S/C21H22N6O3S/c1-14-13-30-10-9-26(14)20-11-17(15-3-5-16(6-4-15)31(2,28)29)18-12-23-27(21(18)24-20)19-7-8-22-25-19/h3-8,11-12,14H,9-10,13H2,1-2H3,(H,22,25)/t14-/m1/s1. The quantitative estimate of drug-likeness (QED) is 0.522. The van der Waals surface area contributed by atoms with Crippen LogP contribution in [0, 0.1) is 0 Å². The number of hydrogen-bond acceptors (Lipinski definition) is 7. The van der Waals surface area contributed by atoms with E-state index in [1.165, 1.54) is 6.26 Å². The Morgan fingerprint density at radius 1 is 1.19 bits per heavy atom. The van der Waals surface area contributed by atoms with Crippen LogP contribution in [0.1, 0.15) is 6.92 Å². The van der Waals surface area contributed by atoms with Gasteiger partial charge in [-0.25, -0.2) is 13.4 Å². The van der Waals surface area contributed by atoms with Gasteiger partial charge < -0.3 is 9.64 Å². The van der Waals surface area contributed by atoms with Crippen molar-refractivity contribution in [1.29, 1.82) is 0 Å². The van der Waals surface area contributed by atoms with Crippen LogP contribution >= 0.6 is 0 Å². The van der Waals surface area contributed by atoms with Crippen LogP contribution in [0.5, 0.6) is 0 Å². The Hall–Kier alpha value is -3.24. The Morgan fingerprint density at radius 2 is 2.00 bits per heavy atom. The van der Waals surface area contributed by atoms with Gasteiger partial charge in [0.2, 0.25) is 0 Å². The Kier molecular flexibility index (Phi) is 4.75. The molecule has 0 aliphatic carbocycles. The van der Waals surface area contributed by atoms with Gasteiger partial charge in [0.1, 0.15) is 5.82 Å². The zero-order chi connectivity index (χ0) is 21.6. The number of H-pyrrole nitrogens is 1. The highest BCUT2D eigenvalue weighted by Gasteiger charge is 2.23. The van der Waals surface area contributed by atoms with Gasteiger partial charge in [0.15, 0.2) is 21.3 Å². The molecule has 1 aliphatic heterocycles. The Morgan fingerprint density at radius 3 is 2.68 bits per heavy atom. The molecular formula is C21H22N6O3S. The number of sulfone groups is 1. The summed E-state index contributed by atoms with van der Waals surface area (Å²) >= 11 is 0. The van der Waals surface area contributed by atoms with Crippen molar-refractivity contribution in [3.05, 3.63) is 48.8 Å². The van der Waals surface area contributed by atoms with Crippen LogP contribution in [0.4, 0.5) is 5.82 Å². The lowest BCUT2D eigenvalue weighted by atomic mass is 10.0. The Balaban J connectivity index is 1.71. The molecule has 5 rings (SSSR count). The van der Waals surface area contributed by atoms with E-state index in [-0.39, 0.29) is 10.9 Å². The van der Waals surface area contributed by atoms with Gasteiger partial charge in [-0.05, 0) is 36.2 Å². The average Bonchev–Trinajstić information content (AvgIpc) is 3.42.